The molecule has 1 aliphatic heterocycles. The molecule has 0 bridgehead atoms. The lowest BCUT2D eigenvalue weighted by atomic mass is 9.64. The lowest BCUT2D eigenvalue weighted by Crippen LogP contribution is -2.52. The van der Waals surface area contributed by atoms with Crippen molar-refractivity contribution in [2.24, 2.45) is 35.0 Å². The molecule has 9 heteroatoms. The average Bonchev–Trinajstić information content (AvgIpc) is 2.84. The minimum atomic E-state index is 0. The van der Waals surface area contributed by atoms with Gasteiger partial charge in [-0.05, 0) is 125 Å². The van der Waals surface area contributed by atoms with Gasteiger partial charge >= 0.3 is 0 Å². The number of alkyl halides is 1. The molecule has 0 radical (unpaired) electrons. The van der Waals surface area contributed by atoms with Crippen molar-refractivity contribution in [2.75, 3.05) is 32.8 Å². The van der Waals surface area contributed by atoms with Gasteiger partial charge in [-0.2, -0.15) is 0 Å². The monoisotopic (exact) mass is 596 g/mol. The van der Waals surface area contributed by atoms with Crippen LogP contribution in [0.4, 0.5) is 0 Å². The third-order valence-corrected chi connectivity index (χ3v) is 10.5. The fourth-order valence-corrected chi connectivity index (χ4v) is 8.36. The first-order valence-corrected chi connectivity index (χ1v) is 15.3. The summed E-state index contributed by atoms with van der Waals surface area (Å²) < 4.78 is 0. The van der Waals surface area contributed by atoms with Crippen LogP contribution in [-0.4, -0.2) is 81.2 Å². The van der Waals surface area contributed by atoms with Gasteiger partial charge in [-0.1, -0.05) is 27.7 Å². The second-order valence-electron chi connectivity index (χ2n) is 13.4. The predicted octanol–water partition coefficient (Wildman–Crippen LogP) is 3.86. The molecule has 8 nitrogen and oxygen atoms in total. The number of nitrogens with one attached hydrogen (secondary N) is 1. The van der Waals surface area contributed by atoms with Crippen LogP contribution in [0.1, 0.15) is 105 Å². The SMILES string of the molecule is C.CC1(C)CN(C[C@@H](CC2CC=C(O)CC2)NCC2CCCC(CO)C2)CCC1C1CCC(Cl)CC1.O.O.O.O. The highest BCUT2D eigenvalue weighted by atomic mass is 35.5. The molecule has 1 saturated heterocycles. The van der Waals surface area contributed by atoms with Crippen LogP contribution in [0.3, 0.4) is 0 Å². The number of aliphatic hydroxyl groups excluding tert-OH is 2. The molecule has 2 saturated carbocycles. The van der Waals surface area contributed by atoms with E-state index in [1.54, 1.807) is 0 Å². The maximum absolute atomic E-state index is 9.86. The molecule has 0 aromatic rings. The van der Waals surface area contributed by atoms with E-state index < -0.39 is 0 Å². The zero-order valence-electron chi connectivity index (χ0n) is 24.6. The van der Waals surface area contributed by atoms with Crippen LogP contribution in [0.5, 0.6) is 0 Å². The number of halogens is 1. The Bertz CT molecular complexity index is 689. The first kappa shape index (κ1) is 41.7. The van der Waals surface area contributed by atoms with Gasteiger partial charge < -0.3 is 42.3 Å². The van der Waals surface area contributed by atoms with Gasteiger partial charge in [0.25, 0.3) is 0 Å². The van der Waals surface area contributed by atoms with Crippen LogP contribution < -0.4 is 5.32 Å². The lowest BCUT2D eigenvalue weighted by molar-refractivity contribution is 0.00543. The second-order valence-corrected chi connectivity index (χ2v) is 14.0. The normalized spacial score (nSPS) is 32.9. The van der Waals surface area contributed by atoms with E-state index in [0.717, 1.165) is 44.2 Å². The molecule has 4 rings (SSSR count). The van der Waals surface area contributed by atoms with E-state index in [-0.39, 0.29) is 29.3 Å². The van der Waals surface area contributed by atoms with Crippen molar-refractivity contribution < 1.29 is 32.1 Å². The van der Waals surface area contributed by atoms with Crippen LogP contribution in [0.25, 0.3) is 0 Å². The first-order valence-electron chi connectivity index (χ1n) is 14.9. The molecule has 0 aromatic carbocycles. The van der Waals surface area contributed by atoms with Gasteiger partial charge in [-0.3, -0.25) is 0 Å². The van der Waals surface area contributed by atoms with Crippen molar-refractivity contribution in [3.05, 3.63) is 11.8 Å². The van der Waals surface area contributed by atoms with Crippen LogP contribution in [0, 0.1) is 35.0 Å². The summed E-state index contributed by atoms with van der Waals surface area (Å²) in [5.74, 6) is 4.18. The molecule has 3 aliphatic carbocycles. The van der Waals surface area contributed by atoms with Crippen molar-refractivity contribution in [3.63, 3.8) is 0 Å². The quantitative estimate of drug-likeness (QED) is 0.342. The maximum atomic E-state index is 9.86. The average molecular weight is 597 g/mol. The molecule has 4 unspecified atom stereocenters. The van der Waals surface area contributed by atoms with E-state index in [4.69, 9.17) is 11.6 Å². The Morgan fingerprint density at radius 1 is 0.975 bits per heavy atom. The van der Waals surface area contributed by atoms with Crippen molar-refractivity contribution in [1.82, 2.24) is 10.2 Å². The van der Waals surface area contributed by atoms with Crippen molar-refractivity contribution in [1.29, 1.82) is 0 Å². The summed E-state index contributed by atoms with van der Waals surface area (Å²) >= 11 is 6.42. The second kappa shape index (κ2) is 19.7. The van der Waals surface area contributed by atoms with Crippen LogP contribution in [0.2, 0.25) is 0 Å². The molecule has 3 fully saturated rings. The minimum absolute atomic E-state index is 0. The summed E-state index contributed by atoms with van der Waals surface area (Å²) in [6, 6.07) is 0.516. The zero-order valence-corrected chi connectivity index (χ0v) is 25.3. The Kier molecular flexibility index (Phi) is 20.5. The van der Waals surface area contributed by atoms with Crippen molar-refractivity contribution in [2.45, 2.75) is 116 Å². The summed E-state index contributed by atoms with van der Waals surface area (Å²) in [6.07, 6.45) is 17.6. The summed E-state index contributed by atoms with van der Waals surface area (Å²) in [7, 11) is 0. The Morgan fingerprint density at radius 2 is 1.65 bits per heavy atom. The fourth-order valence-electron chi connectivity index (χ4n) is 8.11. The molecular formula is C31H65ClN2O6. The predicted molar refractivity (Wildman–Crippen MR) is 168 cm³/mol. The zero-order chi connectivity index (χ0) is 24.8. The molecule has 4 aliphatic rings. The molecule has 40 heavy (non-hydrogen) atoms. The van der Waals surface area contributed by atoms with Gasteiger partial charge in [-0.25, -0.2) is 0 Å². The third-order valence-electron chi connectivity index (χ3n) is 10.1. The maximum Gasteiger partial charge on any atom is 0.0883 e. The first-order chi connectivity index (χ1) is 16.8. The van der Waals surface area contributed by atoms with E-state index in [1.807, 2.05) is 0 Å². The van der Waals surface area contributed by atoms with Gasteiger partial charge in [0.05, 0.1) is 5.76 Å². The van der Waals surface area contributed by atoms with E-state index in [1.165, 1.54) is 77.3 Å². The third kappa shape index (κ3) is 12.0. The van der Waals surface area contributed by atoms with Gasteiger partial charge in [0.2, 0.25) is 0 Å². The molecule has 5 atom stereocenters. The molecular weight excluding hydrogens is 532 g/mol. The lowest BCUT2D eigenvalue weighted by Gasteiger charge is -2.49. The van der Waals surface area contributed by atoms with Gasteiger partial charge in [0.1, 0.15) is 0 Å². The van der Waals surface area contributed by atoms with Gasteiger partial charge in [-0.15, -0.1) is 11.6 Å². The molecule has 1 heterocycles. The number of rotatable bonds is 9. The molecule has 11 N–H and O–H groups in total. The number of allylic oxidation sites excluding steroid dienone is 2. The summed E-state index contributed by atoms with van der Waals surface area (Å²) in [5, 5.41) is 24.0. The van der Waals surface area contributed by atoms with Crippen molar-refractivity contribution >= 4 is 11.6 Å². The number of likely N-dealkylation sites (tertiary alicyclic amines) is 1. The largest absolute Gasteiger partial charge is 0.513 e. The molecule has 0 aromatic heterocycles. The Balaban J connectivity index is 0. The number of nitrogens with zero attached hydrogens (tertiary/aromatic N) is 1. The summed E-state index contributed by atoms with van der Waals surface area (Å²) in [6.45, 7) is 10.1. The van der Waals surface area contributed by atoms with E-state index >= 15 is 0 Å². The van der Waals surface area contributed by atoms with Crippen LogP contribution in [0.15, 0.2) is 11.8 Å². The Morgan fingerprint density at radius 3 is 2.25 bits per heavy atom. The minimum Gasteiger partial charge on any atom is -0.513 e. The highest BCUT2D eigenvalue weighted by Gasteiger charge is 2.41. The standard InChI is InChI=1S/C30H53ClN2O2.CH4.4H2O/c1-30(2)21-33(15-14-29(30)25-8-10-26(31)11-9-25)19-27(17-22-6-12-28(35)13-7-22)32-18-23-4-3-5-24(16-23)20-34;;;;;/h12,22-27,29,32,34-35H,3-11,13-21H2,1-2H3;1H4;4*1H2/t22?,23?,24?,25?,26?,27-,29?;;;;;/m1...../s1. The van der Waals surface area contributed by atoms with E-state index in [2.05, 4.69) is 30.1 Å². The highest BCUT2D eigenvalue weighted by Crippen LogP contribution is 2.45. The number of piperidine rings is 1. The van der Waals surface area contributed by atoms with Crippen LogP contribution >= 0.6 is 11.6 Å². The molecule has 0 amide bonds. The topological polar surface area (TPSA) is 182 Å². The smallest absolute Gasteiger partial charge is 0.0883 e. The summed E-state index contributed by atoms with van der Waals surface area (Å²) in [5.41, 5.74) is 0.365. The number of hydrogen-bond acceptors (Lipinski definition) is 4. The fraction of sp³-hybridized carbons (Fsp3) is 0.935. The number of hydrogen-bond donors (Lipinski definition) is 3. The number of aliphatic hydroxyl groups is 2. The summed E-state index contributed by atoms with van der Waals surface area (Å²) in [4.78, 5) is 2.76. The van der Waals surface area contributed by atoms with Gasteiger partial charge in [0, 0.05) is 37.5 Å². The van der Waals surface area contributed by atoms with E-state index in [9.17, 15) is 10.2 Å². The Hall–Kier alpha value is -0.450. The highest BCUT2D eigenvalue weighted by molar-refractivity contribution is 6.20. The van der Waals surface area contributed by atoms with Gasteiger partial charge in [0.15, 0.2) is 0 Å². The Labute approximate surface area is 249 Å². The van der Waals surface area contributed by atoms with Crippen molar-refractivity contribution in [3.8, 4) is 0 Å². The molecule has 242 valence electrons. The van der Waals surface area contributed by atoms with Crippen LogP contribution in [-0.2, 0) is 0 Å². The molecule has 0 spiro atoms. The van der Waals surface area contributed by atoms with E-state index in [0.29, 0.717) is 47.0 Å².